The van der Waals surface area contributed by atoms with Crippen LogP contribution in [0.3, 0.4) is 0 Å². The van der Waals surface area contributed by atoms with Crippen LogP contribution in [-0.2, 0) is 9.53 Å². The third-order valence-electron chi connectivity index (χ3n) is 2.09. The summed E-state index contributed by atoms with van der Waals surface area (Å²) in [6, 6.07) is -0.219. The maximum atomic E-state index is 11.2. The van der Waals surface area contributed by atoms with E-state index in [1.807, 2.05) is 13.8 Å². The first kappa shape index (κ1) is 13.7. The molecule has 0 aliphatic rings. The third-order valence-corrected chi connectivity index (χ3v) is 2.09. The number of nitrogens with one attached hydrogen (secondary N) is 2. The molecule has 0 aromatic heterocycles. The molecule has 5 nitrogen and oxygen atoms in total. The van der Waals surface area contributed by atoms with Gasteiger partial charge in [-0.25, -0.2) is 4.79 Å². The zero-order chi connectivity index (χ0) is 11.7. The minimum Gasteiger partial charge on any atom is -0.465 e. The van der Waals surface area contributed by atoms with E-state index in [2.05, 4.69) is 10.6 Å². The fraction of sp³-hybridized carbons (Fsp3) is 0.800. The van der Waals surface area contributed by atoms with Crippen LogP contribution < -0.4 is 10.6 Å². The molecule has 88 valence electrons. The van der Waals surface area contributed by atoms with Crippen LogP contribution in [0.15, 0.2) is 0 Å². The molecule has 2 amide bonds. The number of esters is 1. The lowest BCUT2D eigenvalue weighted by atomic mass is 10.1. The van der Waals surface area contributed by atoms with Crippen LogP contribution >= 0.6 is 0 Å². The average Bonchev–Trinajstić information content (AvgIpc) is 2.26. The molecule has 0 fully saturated rings. The normalized spacial score (nSPS) is 11.7. The molecule has 0 saturated heterocycles. The molecule has 15 heavy (non-hydrogen) atoms. The summed E-state index contributed by atoms with van der Waals surface area (Å²) in [4.78, 5) is 21.9. The van der Waals surface area contributed by atoms with E-state index in [1.165, 1.54) is 0 Å². The SMILES string of the molecule is CCC(C)C(=O)OCCCNC(=O)NC. The van der Waals surface area contributed by atoms with E-state index >= 15 is 0 Å². The highest BCUT2D eigenvalue weighted by molar-refractivity contribution is 5.73. The van der Waals surface area contributed by atoms with Gasteiger partial charge in [0, 0.05) is 13.6 Å². The number of urea groups is 1. The first-order valence-electron chi connectivity index (χ1n) is 5.24. The molecule has 0 aromatic carbocycles. The Morgan fingerprint density at radius 1 is 1.40 bits per heavy atom. The van der Waals surface area contributed by atoms with E-state index in [1.54, 1.807) is 7.05 Å². The lowest BCUT2D eigenvalue weighted by Crippen LogP contribution is -2.33. The lowest BCUT2D eigenvalue weighted by Gasteiger charge is -2.09. The van der Waals surface area contributed by atoms with Gasteiger partial charge in [-0.2, -0.15) is 0 Å². The van der Waals surface area contributed by atoms with Gasteiger partial charge in [0.1, 0.15) is 0 Å². The Bertz CT molecular complexity index is 207. The van der Waals surface area contributed by atoms with Crippen molar-refractivity contribution in [2.45, 2.75) is 26.7 Å². The van der Waals surface area contributed by atoms with Crippen molar-refractivity contribution in [3.63, 3.8) is 0 Å². The molecule has 0 bridgehead atoms. The highest BCUT2D eigenvalue weighted by Crippen LogP contribution is 2.02. The topological polar surface area (TPSA) is 67.4 Å². The van der Waals surface area contributed by atoms with Crippen molar-refractivity contribution in [1.29, 1.82) is 0 Å². The standard InChI is InChI=1S/C10H20N2O3/c1-4-8(2)9(13)15-7-5-6-12-10(14)11-3/h8H,4-7H2,1-3H3,(H2,11,12,14). The first-order valence-corrected chi connectivity index (χ1v) is 5.24. The molecule has 5 heteroatoms. The molecule has 0 aliphatic heterocycles. The number of carbonyl (C=O) groups is 2. The van der Waals surface area contributed by atoms with Gasteiger partial charge in [0.2, 0.25) is 0 Å². The van der Waals surface area contributed by atoms with Gasteiger partial charge in [0.25, 0.3) is 0 Å². The van der Waals surface area contributed by atoms with E-state index in [0.717, 1.165) is 6.42 Å². The summed E-state index contributed by atoms with van der Waals surface area (Å²) in [5.41, 5.74) is 0. The van der Waals surface area contributed by atoms with Gasteiger partial charge in [-0.3, -0.25) is 4.79 Å². The first-order chi connectivity index (χ1) is 7.11. The van der Waals surface area contributed by atoms with E-state index < -0.39 is 0 Å². The largest absolute Gasteiger partial charge is 0.465 e. The Kier molecular flexibility index (Phi) is 7.40. The van der Waals surface area contributed by atoms with Gasteiger partial charge in [-0.05, 0) is 12.8 Å². The predicted molar refractivity (Wildman–Crippen MR) is 57.5 cm³/mol. The van der Waals surface area contributed by atoms with Crippen molar-refractivity contribution in [2.24, 2.45) is 5.92 Å². The average molecular weight is 216 g/mol. The van der Waals surface area contributed by atoms with Crippen LogP contribution in [0.1, 0.15) is 26.7 Å². The second-order valence-corrected chi connectivity index (χ2v) is 3.34. The van der Waals surface area contributed by atoms with Gasteiger partial charge in [0.05, 0.1) is 12.5 Å². The highest BCUT2D eigenvalue weighted by Gasteiger charge is 2.10. The summed E-state index contributed by atoms with van der Waals surface area (Å²) in [6.07, 6.45) is 1.42. The molecule has 0 radical (unpaired) electrons. The third kappa shape index (κ3) is 6.76. The van der Waals surface area contributed by atoms with E-state index in [9.17, 15) is 9.59 Å². The fourth-order valence-corrected chi connectivity index (χ4v) is 0.844. The molecule has 0 aromatic rings. The van der Waals surface area contributed by atoms with E-state index in [0.29, 0.717) is 19.6 Å². The van der Waals surface area contributed by atoms with E-state index in [4.69, 9.17) is 4.74 Å². The summed E-state index contributed by atoms with van der Waals surface area (Å²) in [5, 5.41) is 5.04. The van der Waals surface area contributed by atoms with E-state index in [-0.39, 0.29) is 17.9 Å². The van der Waals surface area contributed by atoms with Crippen LogP contribution in [0.25, 0.3) is 0 Å². The minimum absolute atomic E-state index is 0.0445. The van der Waals surface area contributed by atoms with Gasteiger partial charge >= 0.3 is 12.0 Å². The van der Waals surface area contributed by atoms with Crippen LogP contribution in [-0.4, -0.2) is 32.2 Å². The maximum absolute atomic E-state index is 11.2. The number of rotatable bonds is 6. The number of hydrogen-bond donors (Lipinski definition) is 2. The molecular formula is C10H20N2O3. The summed E-state index contributed by atoms with van der Waals surface area (Å²) in [6.45, 7) is 4.64. The van der Waals surface area contributed by atoms with Crippen molar-refractivity contribution in [1.82, 2.24) is 10.6 Å². The Morgan fingerprint density at radius 2 is 2.07 bits per heavy atom. The number of amides is 2. The summed E-state index contributed by atoms with van der Waals surface area (Å²) in [5.74, 6) is -0.214. The molecule has 0 aliphatic carbocycles. The Labute approximate surface area is 90.6 Å². The fourth-order valence-electron chi connectivity index (χ4n) is 0.844. The zero-order valence-electron chi connectivity index (χ0n) is 9.63. The van der Waals surface area contributed by atoms with Gasteiger partial charge in [0.15, 0.2) is 0 Å². The molecule has 0 spiro atoms. The second-order valence-electron chi connectivity index (χ2n) is 3.34. The molecule has 0 saturated carbocycles. The highest BCUT2D eigenvalue weighted by atomic mass is 16.5. The van der Waals surface area contributed by atoms with Crippen molar-refractivity contribution in [2.75, 3.05) is 20.2 Å². The van der Waals surface area contributed by atoms with Gasteiger partial charge < -0.3 is 15.4 Å². The summed E-state index contributed by atoms with van der Waals surface area (Å²) >= 11 is 0. The number of hydrogen-bond acceptors (Lipinski definition) is 3. The van der Waals surface area contributed by atoms with Crippen molar-refractivity contribution >= 4 is 12.0 Å². The molecule has 2 N–H and O–H groups in total. The quantitative estimate of drug-likeness (QED) is 0.512. The van der Waals surface area contributed by atoms with Crippen LogP contribution in [0.2, 0.25) is 0 Å². The Morgan fingerprint density at radius 3 is 2.60 bits per heavy atom. The second kappa shape index (κ2) is 8.08. The molecular weight excluding hydrogens is 196 g/mol. The summed E-state index contributed by atoms with van der Waals surface area (Å²) < 4.78 is 5.00. The smallest absolute Gasteiger partial charge is 0.314 e. The molecule has 1 atom stereocenters. The minimum atomic E-state index is -0.219. The Hall–Kier alpha value is -1.26. The molecule has 0 rings (SSSR count). The predicted octanol–water partition coefficient (Wildman–Crippen LogP) is 0.895. The molecule has 1 unspecified atom stereocenters. The summed E-state index contributed by atoms with van der Waals surface area (Å²) in [7, 11) is 1.55. The van der Waals surface area contributed by atoms with Crippen LogP contribution in [0.4, 0.5) is 4.79 Å². The molecule has 0 heterocycles. The Balaban J connectivity index is 3.39. The monoisotopic (exact) mass is 216 g/mol. The van der Waals surface area contributed by atoms with Crippen molar-refractivity contribution in [3.05, 3.63) is 0 Å². The lowest BCUT2D eigenvalue weighted by molar-refractivity contribution is -0.148. The zero-order valence-corrected chi connectivity index (χ0v) is 9.63. The van der Waals surface area contributed by atoms with Crippen LogP contribution in [0, 0.1) is 5.92 Å². The van der Waals surface area contributed by atoms with Gasteiger partial charge in [-0.15, -0.1) is 0 Å². The number of carbonyl (C=O) groups excluding carboxylic acids is 2. The van der Waals surface area contributed by atoms with Crippen molar-refractivity contribution < 1.29 is 14.3 Å². The number of ether oxygens (including phenoxy) is 1. The van der Waals surface area contributed by atoms with Crippen molar-refractivity contribution in [3.8, 4) is 0 Å². The van der Waals surface area contributed by atoms with Gasteiger partial charge in [-0.1, -0.05) is 13.8 Å². The van der Waals surface area contributed by atoms with Crippen LogP contribution in [0.5, 0.6) is 0 Å². The maximum Gasteiger partial charge on any atom is 0.314 e.